The van der Waals surface area contributed by atoms with Gasteiger partial charge in [-0.3, -0.25) is 19.6 Å². The molecule has 1 aromatic heterocycles. The third kappa shape index (κ3) is 2.49. The first-order valence-electron chi connectivity index (χ1n) is 4.98. The second-order valence-electron chi connectivity index (χ2n) is 3.49. The molecule has 2 aromatic rings. The SMILES string of the molecule is C[n+]1[nH]oc(=O)c1C([O-])=Nc1[c-]cc([N+](=O)[O-])cc1. The van der Waals surface area contributed by atoms with Gasteiger partial charge in [0.05, 0.1) is 5.90 Å². The van der Waals surface area contributed by atoms with Crippen molar-refractivity contribution in [3.63, 3.8) is 0 Å². The Morgan fingerprint density at radius 3 is 2.79 bits per heavy atom. The number of nitrogens with one attached hydrogen (secondary N) is 1. The molecule has 0 fully saturated rings. The number of aromatic amines is 1. The van der Waals surface area contributed by atoms with Gasteiger partial charge < -0.3 is 5.11 Å². The Morgan fingerprint density at radius 2 is 2.32 bits per heavy atom. The summed E-state index contributed by atoms with van der Waals surface area (Å²) >= 11 is 0. The fourth-order valence-corrected chi connectivity index (χ4v) is 1.33. The van der Waals surface area contributed by atoms with Crippen molar-refractivity contribution < 1.29 is 19.2 Å². The van der Waals surface area contributed by atoms with Gasteiger partial charge in [-0.15, -0.1) is 6.07 Å². The van der Waals surface area contributed by atoms with E-state index in [4.69, 9.17) is 0 Å². The lowest BCUT2D eigenvalue weighted by atomic mass is 10.3. The molecule has 0 atom stereocenters. The summed E-state index contributed by atoms with van der Waals surface area (Å²) in [6, 6.07) is 5.99. The molecule has 1 aromatic carbocycles. The van der Waals surface area contributed by atoms with Crippen LogP contribution in [-0.4, -0.2) is 16.1 Å². The van der Waals surface area contributed by atoms with E-state index in [1.807, 2.05) is 0 Å². The van der Waals surface area contributed by atoms with E-state index >= 15 is 0 Å². The van der Waals surface area contributed by atoms with E-state index < -0.39 is 16.4 Å². The molecule has 0 bridgehead atoms. The van der Waals surface area contributed by atoms with Crippen LogP contribution in [0.2, 0.25) is 0 Å². The minimum atomic E-state index is -0.849. The molecular formula is C10H7N4O5-. The van der Waals surface area contributed by atoms with Gasteiger partial charge in [0.15, 0.2) is 12.7 Å². The summed E-state index contributed by atoms with van der Waals surface area (Å²) in [4.78, 5) is 24.7. The first-order chi connectivity index (χ1) is 8.99. The molecule has 98 valence electrons. The predicted octanol–water partition coefficient (Wildman–Crippen LogP) is -1.06. The van der Waals surface area contributed by atoms with Crippen molar-refractivity contribution >= 4 is 17.3 Å². The second-order valence-corrected chi connectivity index (χ2v) is 3.49. The third-order valence-electron chi connectivity index (χ3n) is 2.22. The smallest absolute Gasteiger partial charge is 0.435 e. The van der Waals surface area contributed by atoms with E-state index in [-0.39, 0.29) is 17.1 Å². The predicted molar refractivity (Wildman–Crippen MR) is 58.6 cm³/mol. The summed E-state index contributed by atoms with van der Waals surface area (Å²) in [7, 11) is 1.41. The average Bonchev–Trinajstić information content (AvgIpc) is 2.69. The Hall–Kier alpha value is -2.97. The highest BCUT2D eigenvalue weighted by Crippen LogP contribution is 2.17. The lowest BCUT2D eigenvalue weighted by Crippen LogP contribution is -2.43. The van der Waals surface area contributed by atoms with Crippen molar-refractivity contribution in [3.05, 3.63) is 50.5 Å². The standard InChI is InChI=1S/C10H8N4O5/c1-13-8(10(16)19-12-13)9(15)11-6-2-4-7(5-3-6)14(17)18/h2,4-5,12H,1H3,(H,11,15)/p-1. The molecule has 0 unspecified atom stereocenters. The molecule has 0 amide bonds. The maximum absolute atomic E-state index is 11.7. The molecule has 1 N–H and O–H groups in total. The number of nitro benzene ring substituents is 1. The van der Waals surface area contributed by atoms with Crippen LogP contribution in [0, 0.1) is 16.2 Å². The van der Waals surface area contributed by atoms with E-state index in [1.165, 1.54) is 19.2 Å². The highest BCUT2D eigenvalue weighted by atomic mass is 16.6. The van der Waals surface area contributed by atoms with Gasteiger partial charge in [0, 0.05) is 4.92 Å². The van der Waals surface area contributed by atoms with Gasteiger partial charge in [0.1, 0.15) is 0 Å². The zero-order chi connectivity index (χ0) is 14.0. The van der Waals surface area contributed by atoms with Gasteiger partial charge in [-0.1, -0.05) is 16.8 Å². The van der Waals surface area contributed by atoms with Crippen molar-refractivity contribution in [1.82, 2.24) is 5.27 Å². The van der Waals surface area contributed by atoms with Crippen LogP contribution in [0.4, 0.5) is 11.4 Å². The van der Waals surface area contributed by atoms with E-state index in [9.17, 15) is 20.0 Å². The maximum Gasteiger partial charge on any atom is 0.435 e. The van der Waals surface area contributed by atoms with Crippen molar-refractivity contribution in [2.24, 2.45) is 12.0 Å². The minimum Gasteiger partial charge on any atom is -0.854 e. The first kappa shape index (κ1) is 12.5. The maximum atomic E-state index is 11.7. The van der Waals surface area contributed by atoms with Crippen LogP contribution in [0.5, 0.6) is 0 Å². The lowest BCUT2D eigenvalue weighted by molar-refractivity contribution is -0.742. The number of hydrogen-bond acceptors (Lipinski definition) is 6. The summed E-state index contributed by atoms with van der Waals surface area (Å²) in [5.41, 5.74) is -1.22. The molecule has 1 heterocycles. The van der Waals surface area contributed by atoms with Crippen molar-refractivity contribution in [1.29, 1.82) is 0 Å². The van der Waals surface area contributed by atoms with Gasteiger partial charge in [-0.25, -0.2) is 4.79 Å². The minimum absolute atomic E-state index is 0.0798. The fraction of sp³-hybridized carbons (Fsp3) is 0.100. The van der Waals surface area contributed by atoms with Crippen LogP contribution in [0.3, 0.4) is 0 Å². The number of hydrogen-bond donors (Lipinski definition) is 1. The van der Waals surface area contributed by atoms with Gasteiger partial charge in [0.25, 0.3) is 0 Å². The topological polar surface area (TPSA) is 128 Å². The molecular weight excluding hydrogens is 256 g/mol. The third-order valence-corrected chi connectivity index (χ3v) is 2.22. The van der Waals surface area contributed by atoms with Crippen LogP contribution in [0.15, 0.2) is 32.5 Å². The van der Waals surface area contributed by atoms with Gasteiger partial charge in [0.2, 0.25) is 0 Å². The summed E-state index contributed by atoms with van der Waals surface area (Å²) in [5.74, 6) is -0.831. The number of H-pyrrole nitrogens is 1. The highest BCUT2D eigenvalue weighted by molar-refractivity contribution is 5.88. The van der Waals surface area contributed by atoms with Gasteiger partial charge >= 0.3 is 11.3 Å². The van der Waals surface area contributed by atoms with Crippen LogP contribution in [-0.2, 0) is 7.05 Å². The Bertz CT molecular complexity index is 697. The summed E-state index contributed by atoms with van der Waals surface area (Å²) in [5, 5.41) is 24.3. The molecule has 0 aliphatic heterocycles. The Morgan fingerprint density at radius 1 is 1.58 bits per heavy atom. The number of aromatic nitrogens is 2. The molecule has 9 heteroatoms. The molecule has 0 saturated heterocycles. The zero-order valence-electron chi connectivity index (χ0n) is 9.61. The number of non-ortho nitro benzene ring substituents is 1. The Balaban J connectivity index is 2.36. The molecule has 0 saturated carbocycles. The molecule has 0 aliphatic carbocycles. The number of rotatable bonds is 3. The first-order valence-corrected chi connectivity index (χ1v) is 4.98. The van der Waals surface area contributed by atoms with Crippen molar-refractivity contribution in [3.8, 4) is 0 Å². The quantitative estimate of drug-likeness (QED) is 0.188. The molecule has 0 aliphatic rings. The molecule has 0 spiro atoms. The number of benzene rings is 1. The van der Waals surface area contributed by atoms with Crippen LogP contribution in [0.1, 0.15) is 5.69 Å². The molecule has 0 radical (unpaired) electrons. The highest BCUT2D eigenvalue weighted by Gasteiger charge is 2.16. The normalized spacial score (nSPS) is 11.5. The summed E-state index contributed by atoms with van der Waals surface area (Å²) in [6.07, 6.45) is 0. The monoisotopic (exact) mass is 263 g/mol. The van der Waals surface area contributed by atoms with Gasteiger partial charge in [-0.2, -0.15) is 6.07 Å². The summed E-state index contributed by atoms with van der Waals surface area (Å²) < 4.78 is 5.49. The van der Waals surface area contributed by atoms with E-state index in [2.05, 4.69) is 20.9 Å². The van der Waals surface area contributed by atoms with Crippen LogP contribution < -0.4 is 15.4 Å². The molecule has 9 nitrogen and oxygen atoms in total. The Labute approximate surface area is 105 Å². The van der Waals surface area contributed by atoms with E-state index in [1.54, 1.807) is 0 Å². The van der Waals surface area contributed by atoms with E-state index in [0.717, 1.165) is 10.7 Å². The lowest BCUT2D eigenvalue weighted by Gasteiger charge is -2.07. The number of aliphatic imine (C=N–C) groups is 1. The largest absolute Gasteiger partial charge is 0.854 e. The zero-order valence-corrected chi connectivity index (χ0v) is 9.61. The van der Waals surface area contributed by atoms with Gasteiger partial charge in [-0.05, 0) is 11.0 Å². The number of nitro groups is 1. The molecule has 2 rings (SSSR count). The number of nitrogens with zero attached hydrogens (tertiary/aromatic N) is 3. The van der Waals surface area contributed by atoms with Crippen molar-refractivity contribution in [2.75, 3.05) is 0 Å². The second kappa shape index (κ2) is 4.72. The van der Waals surface area contributed by atoms with Crippen LogP contribution >= 0.6 is 0 Å². The van der Waals surface area contributed by atoms with Crippen molar-refractivity contribution in [2.45, 2.75) is 0 Å². The fourth-order valence-electron chi connectivity index (χ4n) is 1.33. The number of aryl methyl sites for hydroxylation is 1. The van der Waals surface area contributed by atoms with E-state index in [0.29, 0.717) is 0 Å². The molecule has 19 heavy (non-hydrogen) atoms. The average molecular weight is 263 g/mol. The Kier molecular flexibility index (Phi) is 3.10. The summed E-state index contributed by atoms with van der Waals surface area (Å²) in [6.45, 7) is 0. The van der Waals surface area contributed by atoms with Crippen LogP contribution in [0.25, 0.3) is 0 Å².